The second-order valence-corrected chi connectivity index (χ2v) is 8.38. The molecule has 5 nitrogen and oxygen atoms in total. The molecular formula is C21H18ClNO4S. The van der Waals surface area contributed by atoms with Crippen molar-refractivity contribution in [2.75, 3.05) is 0 Å². The molecule has 0 unspecified atom stereocenters. The first-order valence-corrected chi connectivity index (χ1v) is 10.4. The maximum Gasteiger partial charge on any atom is 0.322 e. The number of carbonyl (C=O) groups is 1. The molecule has 0 spiro atoms. The van der Waals surface area contributed by atoms with E-state index in [1.807, 2.05) is 18.2 Å². The number of rotatable bonds is 7. The van der Waals surface area contributed by atoms with Gasteiger partial charge in [0, 0.05) is 5.02 Å². The van der Waals surface area contributed by atoms with Gasteiger partial charge in [0.1, 0.15) is 6.04 Å². The van der Waals surface area contributed by atoms with Crippen molar-refractivity contribution in [3.05, 3.63) is 89.4 Å². The lowest BCUT2D eigenvalue weighted by Gasteiger charge is -2.15. The third-order valence-electron chi connectivity index (χ3n) is 4.22. The van der Waals surface area contributed by atoms with Gasteiger partial charge in [-0.3, -0.25) is 4.79 Å². The van der Waals surface area contributed by atoms with Crippen LogP contribution in [0.4, 0.5) is 0 Å². The van der Waals surface area contributed by atoms with Crippen molar-refractivity contribution in [3.8, 4) is 11.1 Å². The van der Waals surface area contributed by atoms with Crippen molar-refractivity contribution in [3.63, 3.8) is 0 Å². The Bertz CT molecular complexity index is 1050. The van der Waals surface area contributed by atoms with Gasteiger partial charge in [-0.1, -0.05) is 66.2 Å². The van der Waals surface area contributed by atoms with Gasteiger partial charge in [-0.15, -0.1) is 0 Å². The highest BCUT2D eigenvalue weighted by Crippen LogP contribution is 2.23. The van der Waals surface area contributed by atoms with E-state index in [0.29, 0.717) is 5.02 Å². The van der Waals surface area contributed by atoms with E-state index < -0.39 is 22.0 Å². The Hall–Kier alpha value is -2.67. The molecule has 3 aromatic rings. The molecule has 3 rings (SSSR count). The summed E-state index contributed by atoms with van der Waals surface area (Å²) in [4.78, 5) is 11.5. The van der Waals surface area contributed by atoms with Gasteiger partial charge in [-0.05, 0) is 47.4 Å². The van der Waals surface area contributed by atoms with E-state index in [9.17, 15) is 18.3 Å². The van der Waals surface area contributed by atoms with Gasteiger partial charge in [0.2, 0.25) is 10.0 Å². The van der Waals surface area contributed by atoms with Gasteiger partial charge in [0.25, 0.3) is 0 Å². The van der Waals surface area contributed by atoms with Crippen molar-refractivity contribution >= 4 is 27.6 Å². The molecule has 144 valence electrons. The molecule has 28 heavy (non-hydrogen) atoms. The molecule has 3 aromatic carbocycles. The fraction of sp³-hybridized carbons (Fsp3) is 0.0952. The fourth-order valence-corrected chi connectivity index (χ4v) is 4.07. The third-order valence-corrected chi connectivity index (χ3v) is 5.96. The number of carboxylic acids is 1. The van der Waals surface area contributed by atoms with E-state index >= 15 is 0 Å². The van der Waals surface area contributed by atoms with Crippen LogP contribution < -0.4 is 4.72 Å². The molecule has 0 aliphatic heterocycles. The van der Waals surface area contributed by atoms with Gasteiger partial charge >= 0.3 is 5.97 Å². The molecule has 0 aromatic heterocycles. The van der Waals surface area contributed by atoms with Crippen molar-refractivity contribution in [2.45, 2.75) is 17.4 Å². The van der Waals surface area contributed by atoms with Crippen molar-refractivity contribution < 1.29 is 18.3 Å². The summed E-state index contributed by atoms with van der Waals surface area (Å²) in [5.74, 6) is -1.23. The summed E-state index contributed by atoms with van der Waals surface area (Å²) < 4.78 is 27.6. The van der Waals surface area contributed by atoms with Crippen LogP contribution >= 0.6 is 11.6 Å². The molecule has 0 amide bonds. The van der Waals surface area contributed by atoms with Gasteiger partial charge in [0.05, 0.1) is 4.90 Å². The summed E-state index contributed by atoms with van der Waals surface area (Å²) in [6, 6.07) is 21.0. The summed E-state index contributed by atoms with van der Waals surface area (Å²) in [6.07, 6.45) is 0.0538. The highest BCUT2D eigenvalue weighted by Gasteiger charge is 2.25. The SMILES string of the molecule is O=C(O)[C@H](Cc1ccccc1)NS(=O)(=O)c1ccc(-c2ccc(Cl)cc2)cc1. The molecule has 0 bridgehead atoms. The van der Waals surface area contributed by atoms with E-state index in [-0.39, 0.29) is 11.3 Å². The molecule has 0 aliphatic rings. The predicted octanol–water partition coefficient (Wildman–Crippen LogP) is 3.98. The zero-order valence-electron chi connectivity index (χ0n) is 14.7. The summed E-state index contributed by atoms with van der Waals surface area (Å²) >= 11 is 5.88. The zero-order valence-corrected chi connectivity index (χ0v) is 16.3. The van der Waals surface area contributed by atoms with E-state index in [1.54, 1.807) is 48.5 Å². The molecule has 0 heterocycles. The minimum Gasteiger partial charge on any atom is -0.480 e. The predicted molar refractivity (Wildman–Crippen MR) is 109 cm³/mol. The highest BCUT2D eigenvalue weighted by atomic mass is 35.5. The molecule has 0 fully saturated rings. The number of carboxylic acid groups (broad SMARTS) is 1. The number of hydrogen-bond donors (Lipinski definition) is 2. The average Bonchev–Trinajstić information content (AvgIpc) is 2.69. The normalized spacial score (nSPS) is 12.5. The quantitative estimate of drug-likeness (QED) is 0.611. The number of benzene rings is 3. The van der Waals surface area contributed by atoms with Crippen LogP contribution in [0.1, 0.15) is 5.56 Å². The zero-order chi connectivity index (χ0) is 20.1. The van der Waals surface area contributed by atoms with Crippen LogP contribution in [0.5, 0.6) is 0 Å². The third kappa shape index (κ3) is 4.98. The first-order valence-electron chi connectivity index (χ1n) is 8.50. The summed E-state index contributed by atoms with van der Waals surface area (Å²) in [6.45, 7) is 0. The maximum atomic E-state index is 12.6. The minimum absolute atomic E-state index is 0.00419. The van der Waals surface area contributed by atoms with Crippen LogP contribution in [0.15, 0.2) is 83.8 Å². The van der Waals surface area contributed by atoms with Crippen LogP contribution in [-0.2, 0) is 21.2 Å². The standard InChI is InChI=1S/C21H18ClNO4S/c22-18-10-6-16(7-11-18)17-8-12-19(13-9-17)28(26,27)23-20(21(24)25)14-15-4-2-1-3-5-15/h1-13,20,23H,14H2,(H,24,25)/t20-/m0/s1. The fourth-order valence-electron chi connectivity index (χ4n) is 2.75. The largest absolute Gasteiger partial charge is 0.480 e. The Morgan fingerprint density at radius 3 is 1.96 bits per heavy atom. The molecule has 0 saturated carbocycles. The first-order chi connectivity index (χ1) is 13.3. The van der Waals surface area contributed by atoms with Gasteiger partial charge in [0.15, 0.2) is 0 Å². The average molecular weight is 416 g/mol. The molecule has 0 radical (unpaired) electrons. The number of nitrogens with one attached hydrogen (secondary N) is 1. The van der Waals surface area contributed by atoms with Crippen LogP contribution in [-0.4, -0.2) is 25.5 Å². The summed E-state index contributed by atoms with van der Waals surface area (Å²) in [5.41, 5.74) is 2.46. The minimum atomic E-state index is -3.98. The first kappa shape index (κ1) is 20.1. The van der Waals surface area contributed by atoms with Crippen molar-refractivity contribution in [1.82, 2.24) is 4.72 Å². The molecule has 7 heteroatoms. The van der Waals surface area contributed by atoms with E-state index in [2.05, 4.69) is 4.72 Å². The Labute approximate surface area is 168 Å². The molecular weight excluding hydrogens is 398 g/mol. The number of aliphatic carboxylic acids is 1. The lowest BCUT2D eigenvalue weighted by atomic mass is 10.1. The lowest BCUT2D eigenvalue weighted by molar-refractivity contribution is -0.138. The maximum absolute atomic E-state index is 12.6. The lowest BCUT2D eigenvalue weighted by Crippen LogP contribution is -2.42. The highest BCUT2D eigenvalue weighted by molar-refractivity contribution is 7.89. The van der Waals surface area contributed by atoms with Crippen LogP contribution in [0.3, 0.4) is 0 Å². The topological polar surface area (TPSA) is 83.5 Å². The molecule has 1 atom stereocenters. The van der Waals surface area contributed by atoms with Crippen molar-refractivity contribution in [2.24, 2.45) is 0 Å². The Morgan fingerprint density at radius 2 is 1.43 bits per heavy atom. The Morgan fingerprint density at radius 1 is 0.893 bits per heavy atom. The second-order valence-electron chi connectivity index (χ2n) is 6.23. The van der Waals surface area contributed by atoms with Crippen LogP contribution in [0, 0.1) is 0 Å². The number of sulfonamides is 1. The monoisotopic (exact) mass is 415 g/mol. The summed E-state index contributed by atoms with van der Waals surface area (Å²) in [5, 5.41) is 10.0. The smallest absolute Gasteiger partial charge is 0.322 e. The van der Waals surface area contributed by atoms with Crippen LogP contribution in [0.25, 0.3) is 11.1 Å². The van der Waals surface area contributed by atoms with E-state index in [1.165, 1.54) is 12.1 Å². The molecule has 2 N–H and O–H groups in total. The van der Waals surface area contributed by atoms with Crippen LogP contribution in [0.2, 0.25) is 5.02 Å². The van der Waals surface area contributed by atoms with Gasteiger partial charge in [-0.25, -0.2) is 8.42 Å². The van der Waals surface area contributed by atoms with E-state index in [0.717, 1.165) is 16.7 Å². The molecule has 0 saturated heterocycles. The Balaban J connectivity index is 1.79. The number of halogens is 1. The summed E-state index contributed by atoms with van der Waals surface area (Å²) in [7, 11) is -3.98. The van der Waals surface area contributed by atoms with E-state index in [4.69, 9.17) is 11.6 Å². The van der Waals surface area contributed by atoms with Crippen molar-refractivity contribution in [1.29, 1.82) is 0 Å². The van der Waals surface area contributed by atoms with Gasteiger partial charge < -0.3 is 5.11 Å². The molecule has 0 aliphatic carbocycles. The van der Waals surface area contributed by atoms with Gasteiger partial charge in [-0.2, -0.15) is 4.72 Å². The Kier molecular flexibility index (Phi) is 6.14. The number of hydrogen-bond acceptors (Lipinski definition) is 3. The second kappa shape index (κ2) is 8.56.